The Morgan fingerprint density at radius 1 is 0.649 bits per heavy atom. The van der Waals surface area contributed by atoms with Crippen LogP contribution < -0.4 is 0 Å². The van der Waals surface area contributed by atoms with Gasteiger partial charge in [0.1, 0.15) is 11.6 Å². The molecule has 1 N–H and O–H groups in total. The normalized spacial score (nSPS) is 16.4. The third-order valence-electron chi connectivity index (χ3n) is 15.7. The van der Waals surface area contributed by atoms with E-state index in [1.165, 1.54) is 18.3 Å². The van der Waals surface area contributed by atoms with Crippen LogP contribution in [0.1, 0.15) is 209 Å². The van der Waals surface area contributed by atoms with Crippen LogP contribution in [0.25, 0.3) is 72.7 Å². The van der Waals surface area contributed by atoms with Crippen molar-refractivity contribution >= 4 is 11.0 Å². The Labute approximate surface area is 482 Å². The second kappa shape index (κ2) is 21.6. The average Bonchev–Trinajstić information content (AvgIpc) is 0.767. The van der Waals surface area contributed by atoms with Gasteiger partial charge in [-0.3, -0.25) is 9.55 Å². The summed E-state index contributed by atoms with van der Waals surface area (Å²) in [4.78, 5) is 10.2. The molecule has 0 aliphatic heterocycles. The van der Waals surface area contributed by atoms with Gasteiger partial charge in [0, 0.05) is 49.4 Å². The second-order valence-electron chi connectivity index (χ2n) is 22.1. The summed E-state index contributed by atoms with van der Waals surface area (Å²) >= 11 is 0. The van der Waals surface area contributed by atoms with E-state index < -0.39 is 68.0 Å². The molecule has 5 heteroatoms. The summed E-state index contributed by atoms with van der Waals surface area (Å²) in [5.74, 6) is 0.256. The third-order valence-corrected chi connectivity index (χ3v) is 15.7. The maximum atomic E-state index is 12.5. The number of benzene rings is 6. The van der Waals surface area contributed by atoms with E-state index in [-0.39, 0.29) is 71.9 Å². The Bertz CT molecular complexity index is 3900. The number of hydrogen-bond donors (Lipinski definition) is 1. The van der Waals surface area contributed by atoms with Crippen LogP contribution in [-0.2, 0) is 42.7 Å². The van der Waals surface area contributed by atoms with Gasteiger partial charge in [0.25, 0.3) is 0 Å². The van der Waals surface area contributed by atoms with Crippen LogP contribution in [0, 0.1) is 12.9 Å². The van der Waals surface area contributed by atoms with E-state index in [1.807, 2.05) is 99.8 Å². The minimum Gasteiger partial charge on any atom is -0.507 e. The van der Waals surface area contributed by atoms with E-state index in [1.54, 1.807) is 0 Å². The maximum absolute atomic E-state index is 12.5. The van der Waals surface area contributed by atoms with E-state index in [9.17, 15) is 12.0 Å². The number of aromatic hydroxyl groups is 1. The fourth-order valence-corrected chi connectivity index (χ4v) is 10.0. The van der Waals surface area contributed by atoms with Gasteiger partial charge in [-0.15, -0.1) is 29.3 Å². The summed E-state index contributed by atoms with van der Waals surface area (Å²) in [6, 6.07) is 28.3. The molecule has 0 radical (unpaired) electrons. The minimum atomic E-state index is -3.84. The first kappa shape index (κ1) is 38.0. The smallest absolute Gasteiger partial charge is 0.148 e. The molecule has 0 amide bonds. The van der Waals surface area contributed by atoms with Crippen molar-refractivity contribution in [3.05, 3.63) is 166 Å². The van der Waals surface area contributed by atoms with E-state index in [2.05, 4.69) is 79.7 Å². The van der Waals surface area contributed by atoms with Crippen LogP contribution in [0.3, 0.4) is 0 Å². The topological polar surface area (TPSA) is 50.9 Å². The van der Waals surface area contributed by atoms with E-state index in [0.29, 0.717) is 50.4 Å². The quantitative estimate of drug-likeness (QED) is 0.110. The Balaban J connectivity index is 0.0000115. The number of phenols is 1. The molecule has 0 unspecified atom stereocenters. The molecule has 8 aromatic rings. The standard InChI is InChI=1S/C69H82N3O.Pt/c1-18-68(16,19-2)57-25-23-26-58(69(17,20-3)21-4)62(57)48-30-33-60(45(9)36-48)72-61-27-22-24-54(63(61)71-65(72)56-41-49(43(5)6)40-55(44(7)8)64(56)73)50-37-51(39-53(38-50)67(13,14)15)59-42-47(34-35-70-59)46-28-31-52(32-29-46)66(10,11)12;/h22-36,38-44,73H,18-21H2,1-17H3;/q-1;/i9D3,10D3,11D3,12D3,28D,29D,31D,32D;. The first-order valence-electron chi connectivity index (χ1n) is 33.9. The van der Waals surface area contributed by atoms with Crippen molar-refractivity contribution in [2.45, 2.75) is 177 Å². The van der Waals surface area contributed by atoms with Crippen molar-refractivity contribution in [1.29, 1.82) is 0 Å². The summed E-state index contributed by atoms with van der Waals surface area (Å²) in [5.41, 5.74) is 4.01. The summed E-state index contributed by atoms with van der Waals surface area (Å²) in [7, 11) is 0. The van der Waals surface area contributed by atoms with Crippen molar-refractivity contribution in [2.75, 3.05) is 0 Å². The molecule has 0 saturated carbocycles. The zero-order valence-electron chi connectivity index (χ0n) is 61.3. The van der Waals surface area contributed by atoms with E-state index in [0.717, 1.165) is 59.1 Å². The number of para-hydroxylation sites is 1. The van der Waals surface area contributed by atoms with Crippen molar-refractivity contribution in [3.63, 3.8) is 0 Å². The molecular weight excluding hydrogens is 1080 g/mol. The Morgan fingerprint density at radius 2 is 1.28 bits per heavy atom. The minimum absolute atomic E-state index is 0. The molecule has 0 aliphatic carbocycles. The molecular formula is C69H82N3OPt-. The summed E-state index contributed by atoms with van der Waals surface area (Å²) < 4.78 is 141. The van der Waals surface area contributed by atoms with Gasteiger partial charge in [-0.1, -0.05) is 194 Å². The SMILES string of the molecule is [2H]c1c([2H])c(C(C([2H])([2H])[2H])(C([2H])([2H])[2H])C([2H])([2H])[2H])c([2H])c([2H])c1-c1ccnc(-c2[c-]c(-c3cccc4c3nc(-c3cc(C(C)C)cc(C(C)C)c3O)n4-c3ccc(-c4c(C(C)(CC)CC)cccc4C(C)(CC)CC)cc3C([2H])([2H])[2H])cc(C(C)(C)C)c2)c1.[Pt]. The van der Waals surface area contributed by atoms with Gasteiger partial charge in [-0.25, -0.2) is 4.98 Å². The van der Waals surface area contributed by atoms with E-state index >= 15 is 0 Å². The van der Waals surface area contributed by atoms with Gasteiger partial charge in [0.2, 0.25) is 0 Å². The molecule has 4 nitrogen and oxygen atoms in total. The Morgan fingerprint density at radius 3 is 1.86 bits per heavy atom. The fourth-order valence-electron chi connectivity index (χ4n) is 10.0. The van der Waals surface area contributed by atoms with Crippen molar-refractivity contribution < 1.29 is 48.1 Å². The number of rotatable bonds is 14. The van der Waals surface area contributed by atoms with Crippen molar-refractivity contribution in [1.82, 2.24) is 14.5 Å². The third kappa shape index (κ3) is 10.6. The second-order valence-corrected chi connectivity index (χ2v) is 22.1. The van der Waals surface area contributed by atoms with Gasteiger partial charge >= 0.3 is 0 Å². The largest absolute Gasteiger partial charge is 0.507 e. The number of aromatic nitrogens is 3. The van der Waals surface area contributed by atoms with Crippen LogP contribution in [0.5, 0.6) is 5.75 Å². The first-order chi connectivity index (χ1) is 41.1. The first-order valence-corrected chi connectivity index (χ1v) is 25.9. The Kier molecular flexibility index (Phi) is 11.1. The molecule has 390 valence electrons. The summed E-state index contributed by atoms with van der Waals surface area (Å²) in [6.07, 6.45) is 4.86. The molecule has 0 saturated heterocycles. The molecule has 0 aliphatic rings. The molecule has 0 bridgehead atoms. The van der Waals surface area contributed by atoms with Crippen LogP contribution >= 0.6 is 0 Å². The fraction of sp³-hybridized carbons (Fsp3) is 0.391. The van der Waals surface area contributed by atoms with Crippen molar-refractivity contribution in [2.24, 2.45) is 0 Å². The Hall–Kier alpha value is -5.57. The zero-order chi connectivity index (χ0) is 66.4. The summed E-state index contributed by atoms with van der Waals surface area (Å²) in [5, 5.41) is 12.5. The van der Waals surface area contributed by atoms with Gasteiger partial charge in [0.15, 0.2) is 0 Å². The monoisotopic (exact) mass is 1180 g/mol. The molecule has 8 rings (SSSR count). The van der Waals surface area contributed by atoms with Gasteiger partial charge < -0.3 is 5.11 Å². The summed E-state index contributed by atoms with van der Waals surface area (Å²) in [6.45, 7) is 13.4. The van der Waals surface area contributed by atoms with Crippen molar-refractivity contribution in [3.8, 4) is 67.5 Å². The van der Waals surface area contributed by atoms with E-state index in [4.69, 9.17) is 25.0 Å². The van der Waals surface area contributed by atoms with Crippen LogP contribution in [0.2, 0.25) is 0 Å². The van der Waals surface area contributed by atoms with Crippen LogP contribution in [-0.4, -0.2) is 19.6 Å². The predicted molar refractivity (Wildman–Crippen MR) is 313 cm³/mol. The molecule has 0 atom stereocenters. The number of fused-ring (bicyclic) bond motifs is 1. The molecule has 0 spiro atoms. The van der Waals surface area contributed by atoms with Gasteiger partial charge in [0.05, 0.1) is 27.8 Å². The average molecular weight is 1180 g/mol. The number of hydrogen-bond acceptors (Lipinski definition) is 3. The molecule has 2 heterocycles. The number of pyridine rings is 1. The maximum Gasteiger partial charge on any atom is 0.148 e. The molecule has 0 fully saturated rings. The number of phenolic OH excluding ortho intramolecular Hbond substituents is 1. The molecule has 2 aromatic heterocycles. The zero-order valence-corrected chi connectivity index (χ0v) is 47.6. The molecule has 6 aromatic carbocycles. The molecule has 74 heavy (non-hydrogen) atoms. The number of imidazole rings is 1. The van der Waals surface area contributed by atoms with Crippen LogP contribution in [0.15, 0.2) is 121 Å². The van der Waals surface area contributed by atoms with Gasteiger partial charge in [-0.2, -0.15) is 0 Å². The predicted octanol–water partition coefficient (Wildman–Crippen LogP) is 19.6. The number of nitrogens with zero attached hydrogens (tertiary/aromatic N) is 3. The van der Waals surface area contributed by atoms with Gasteiger partial charge in [-0.05, 0) is 152 Å². The number of aryl methyl sites for hydroxylation is 1. The van der Waals surface area contributed by atoms with Crippen LogP contribution in [0.4, 0.5) is 0 Å².